The van der Waals surface area contributed by atoms with Gasteiger partial charge < -0.3 is 86.6 Å². The zero-order chi connectivity index (χ0) is 82.0. The minimum Gasteiger partial charge on any atom is -0.481 e. The highest BCUT2D eigenvalue weighted by Gasteiger charge is 2.38. The van der Waals surface area contributed by atoms with Gasteiger partial charge in [0.05, 0.1) is 6.04 Å². The van der Waals surface area contributed by atoms with E-state index in [1.807, 2.05) is 0 Å². The number of hydrogen-bond acceptors (Lipinski definition) is 18. The Hall–Kier alpha value is -9.34. The topological polar surface area (TPSA) is 533 Å². The summed E-state index contributed by atoms with van der Waals surface area (Å²) in [5.74, 6) is -17.1. The van der Waals surface area contributed by atoms with Crippen LogP contribution in [0.25, 0.3) is 0 Å². The molecule has 0 aromatic heterocycles. The molecule has 35 nitrogen and oxygen atoms in total. The van der Waals surface area contributed by atoms with Crippen molar-refractivity contribution in [3.8, 4) is 0 Å². The molecular formula is C72H119N9O26. The van der Waals surface area contributed by atoms with Gasteiger partial charge in [-0.05, 0) is 178 Å². The van der Waals surface area contributed by atoms with Crippen molar-refractivity contribution < 1.29 is 127 Å². The molecular weight excluding hydrogens is 1410 g/mol. The van der Waals surface area contributed by atoms with Crippen LogP contribution in [0.5, 0.6) is 0 Å². The monoisotopic (exact) mass is 1530 g/mol. The van der Waals surface area contributed by atoms with Crippen LogP contribution in [0.3, 0.4) is 0 Å². The number of nitrogens with one attached hydrogen (secondary N) is 4. The number of ketones is 1. The van der Waals surface area contributed by atoms with Gasteiger partial charge >= 0.3 is 47.8 Å². The molecule has 5 atom stereocenters. The lowest BCUT2D eigenvalue weighted by Crippen LogP contribution is -2.54. The Morgan fingerprint density at radius 3 is 0.682 bits per heavy atom. The lowest BCUT2D eigenvalue weighted by atomic mass is 10.0. The molecule has 0 saturated carbocycles. The van der Waals surface area contributed by atoms with Crippen LogP contribution in [0, 0.1) is 0 Å². The van der Waals surface area contributed by atoms with Gasteiger partial charge in [-0.2, -0.15) is 0 Å². The van der Waals surface area contributed by atoms with E-state index in [2.05, 4.69) is 21.3 Å². The molecule has 0 aromatic rings. The minimum absolute atomic E-state index is 0.0648. The third-order valence-corrected chi connectivity index (χ3v) is 16.6. The normalized spacial score (nSPS) is 12.8. The van der Waals surface area contributed by atoms with Gasteiger partial charge in [-0.15, -0.1) is 0 Å². The predicted molar refractivity (Wildman–Crippen MR) is 384 cm³/mol. The van der Waals surface area contributed by atoms with Crippen molar-refractivity contribution in [1.29, 1.82) is 0 Å². The molecule has 9 amide bonds. The molecule has 608 valence electrons. The molecule has 0 aliphatic heterocycles. The van der Waals surface area contributed by atoms with E-state index in [0.717, 1.165) is 31.4 Å². The largest absolute Gasteiger partial charge is 0.481 e. The number of nitrogens with zero attached hydrogens (tertiary/aromatic N) is 5. The van der Waals surface area contributed by atoms with E-state index in [9.17, 15) is 118 Å². The maximum atomic E-state index is 15.3. The first-order valence-corrected chi connectivity index (χ1v) is 36.6. The fourth-order valence-electron chi connectivity index (χ4n) is 11.8. The minimum atomic E-state index is -1.65. The SMILES string of the molecule is CC(=O)C(CCCC(=O)O)N(CCCC(=O)O)C(=O)CCCC(C(=O)NCCCC(=O)N(CCCC(=O)O)C(CCCC(=O)O)C(=O)NC(C)(C)C)N(CCCC(=O)N(CCCC(=O)O)C(CCCC(=O)O)C(=O)NC(C)(C)C)C(=O)CCCC(=O)N(CCCC(=O)O)C(CCCC(=O)O)C(=O)NC(C)(C)C. The molecule has 0 fully saturated rings. The second-order valence-corrected chi connectivity index (χ2v) is 29.7. The molecule has 0 aliphatic carbocycles. The summed E-state index contributed by atoms with van der Waals surface area (Å²) >= 11 is 0. The van der Waals surface area contributed by atoms with Crippen molar-refractivity contribution in [3.05, 3.63) is 0 Å². The summed E-state index contributed by atoms with van der Waals surface area (Å²) in [5.41, 5.74) is -2.61. The van der Waals surface area contributed by atoms with Crippen LogP contribution in [0.2, 0.25) is 0 Å². The smallest absolute Gasteiger partial charge is 0.303 e. The number of carbonyl (C=O) groups is 18. The van der Waals surface area contributed by atoms with E-state index in [4.69, 9.17) is 0 Å². The highest BCUT2D eigenvalue weighted by atomic mass is 16.4. The first kappa shape index (κ1) is 97.7. The number of amides is 9. The number of rotatable bonds is 58. The maximum Gasteiger partial charge on any atom is 0.303 e. The van der Waals surface area contributed by atoms with Gasteiger partial charge in [-0.25, -0.2) is 0 Å². The van der Waals surface area contributed by atoms with Crippen molar-refractivity contribution in [2.75, 3.05) is 39.3 Å². The summed E-state index contributed by atoms with van der Waals surface area (Å²) in [4.78, 5) is 243. The van der Waals surface area contributed by atoms with Crippen LogP contribution in [0.15, 0.2) is 0 Å². The van der Waals surface area contributed by atoms with Crippen molar-refractivity contribution in [2.45, 2.75) is 309 Å². The second-order valence-electron chi connectivity index (χ2n) is 29.7. The molecule has 0 rings (SSSR count). The number of carbonyl (C=O) groups excluding carboxylic acids is 10. The van der Waals surface area contributed by atoms with Gasteiger partial charge in [0.15, 0.2) is 5.78 Å². The number of Topliss-reactive ketones (excluding diaryl/α,β-unsaturated/α-hetero) is 1. The summed E-state index contributed by atoms with van der Waals surface area (Å²) in [6.45, 7) is 14.1. The van der Waals surface area contributed by atoms with Crippen LogP contribution in [-0.2, 0) is 86.3 Å². The second kappa shape index (κ2) is 50.3. The summed E-state index contributed by atoms with van der Waals surface area (Å²) in [7, 11) is 0. The Morgan fingerprint density at radius 1 is 0.252 bits per heavy atom. The van der Waals surface area contributed by atoms with E-state index < -0.39 is 237 Å². The molecule has 0 spiro atoms. The fourth-order valence-corrected chi connectivity index (χ4v) is 11.8. The third kappa shape index (κ3) is 45.0. The number of carboxylic acid groups (broad SMARTS) is 8. The summed E-state index contributed by atoms with van der Waals surface area (Å²) in [6, 6.07) is -6.83. The zero-order valence-electron chi connectivity index (χ0n) is 64.0. The first-order valence-electron chi connectivity index (χ1n) is 36.6. The summed E-state index contributed by atoms with van der Waals surface area (Å²) < 4.78 is 0. The van der Waals surface area contributed by atoms with Crippen molar-refractivity contribution in [3.63, 3.8) is 0 Å². The van der Waals surface area contributed by atoms with Gasteiger partial charge in [0, 0.05) is 139 Å². The van der Waals surface area contributed by atoms with Crippen LogP contribution in [-0.4, -0.2) is 258 Å². The zero-order valence-corrected chi connectivity index (χ0v) is 64.0. The van der Waals surface area contributed by atoms with E-state index in [1.54, 1.807) is 62.3 Å². The Balaban J connectivity index is 8.50. The maximum absolute atomic E-state index is 15.3. The van der Waals surface area contributed by atoms with Gasteiger partial charge in [0.2, 0.25) is 53.2 Å². The fraction of sp³-hybridized carbons (Fsp3) is 0.750. The third-order valence-electron chi connectivity index (χ3n) is 16.6. The highest BCUT2D eigenvalue weighted by Crippen LogP contribution is 2.24. The van der Waals surface area contributed by atoms with Crippen molar-refractivity contribution >= 4 is 107 Å². The van der Waals surface area contributed by atoms with Crippen LogP contribution >= 0.6 is 0 Å². The molecule has 0 radical (unpaired) electrons. The Kier molecular flexibility index (Phi) is 45.9. The van der Waals surface area contributed by atoms with Crippen LogP contribution in [0.1, 0.15) is 262 Å². The molecule has 0 aliphatic rings. The van der Waals surface area contributed by atoms with Gasteiger partial charge in [0.25, 0.3) is 0 Å². The molecule has 35 heteroatoms. The van der Waals surface area contributed by atoms with Gasteiger partial charge in [-0.1, -0.05) is 0 Å². The van der Waals surface area contributed by atoms with E-state index in [1.165, 1.54) is 0 Å². The standard InChI is InChI=1S/C72H119N9O26/c1-47(82)48(23-12-33-58(88)89)77(43-19-37-62(96)97)53(83)28-11-24-49(66(104)73-41-17-31-56(86)80(45-21-39-64(100)101)51(26-14-35-60(92)93)68(106)75-71(5,6)7)78(42-18-32-57(87)81(46-22-40-65(102)103)52(27-15-36-61(94)95)69(107)76-72(8,9)10)54(84)29-16-30-55(85)79(44-20-38-63(98)99)50(25-13-34-59(90)91)67(105)74-70(2,3)4/h48-52H,11-46H2,1-10H3,(H,73,104)(H,74,105)(H,75,106)(H,76,107)(H,88,89)(H,90,91)(H,92,93)(H,94,95)(H,96,97)(H,98,99)(H,100,101)(H,102,103). The molecule has 5 unspecified atom stereocenters. The Bertz CT molecular complexity index is 3010. The summed E-state index contributed by atoms with van der Waals surface area (Å²) in [6.07, 6.45) is -9.05. The first-order chi connectivity index (χ1) is 49.7. The lowest BCUT2D eigenvalue weighted by molar-refractivity contribution is -0.144. The lowest BCUT2D eigenvalue weighted by Gasteiger charge is -2.35. The Morgan fingerprint density at radius 2 is 0.439 bits per heavy atom. The number of hydrogen-bond donors (Lipinski definition) is 12. The molecule has 0 aromatic carbocycles. The van der Waals surface area contributed by atoms with E-state index >= 15 is 9.59 Å². The quantitative estimate of drug-likeness (QED) is 0.0364. The average molecular weight is 1530 g/mol. The highest BCUT2D eigenvalue weighted by molar-refractivity contribution is 5.92. The van der Waals surface area contributed by atoms with Crippen molar-refractivity contribution in [1.82, 2.24) is 45.8 Å². The van der Waals surface area contributed by atoms with E-state index in [-0.39, 0.29) is 148 Å². The van der Waals surface area contributed by atoms with Crippen LogP contribution in [0.4, 0.5) is 0 Å². The average Bonchev–Trinajstić information content (AvgIpc) is 0.862. The molecule has 0 saturated heterocycles. The molecule has 0 heterocycles. The molecule has 12 N–H and O–H groups in total. The number of aliphatic carboxylic acids is 8. The van der Waals surface area contributed by atoms with Gasteiger partial charge in [0.1, 0.15) is 24.2 Å². The van der Waals surface area contributed by atoms with E-state index in [0.29, 0.717) is 0 Å². The summed E-state index contributed by atoms with van der Waals surface area (Å²) in [5, 5.41) is 87.3. The van der Waals surface area contributed by atoms with Crippen LogP contribution < -0.4 is 21.3 Å². The predicted octanol–water partition coefficient (Wildman–Crippen LogP) is 4.80. The van der Waals surface area contributed by atoms with Crippen molar-refractivity contribution in [2.24, 2.45) is 0 Å². The number of carboxylic acids is 8. The molecule has 107 heavy (non-hydrogen) atoms. The Labute approximate surface area is 625 Å². The molecule has 0 bridgehead atoms. The van der Waals surface area contributed by atoms with Gasteiger partial charge in [-0.3, -0.25) is 86.3 Å².